The minimum atomic E-state index is -1.45. The molecule has 12 amide bonds. The van der Waals surface area contributed by atoms with Crippen LogP contribution in [-0.2, 0) is 75.2 Å². The first kappa shape index (κ1) is 96.2. The quantitative estimate of drug-likeness (QED) is 0.0405. The largest absolute Gasteiger partial charge is 0.508 e. The van der Waals surface area contributed by atoms with Gasteiger partial charge in [-0.05, 0) is 175 Å². The molecule has 0 unspecified atom stereocenters. The molecule has 2 aromatic rings. The Morgan fingerprint density at radius 2 is 0.596 bits per heavy atom. The number of carboxylic acid groups (broad SMARTS) is 1. The first-order valence-corrected chi connectivity index (χ1v) is 38.6. The van der Waals surface area contributed by atoms with Gasteiger partial charge in [-0.25, -0.2) is 4.79 Å². The maximum atomic E-state index is 14.8. The second-order valence-corrected chi connectivity index (χ2v) is 30.5. The second-order valence-electron chi connectivity index (χ2n) is 30.5. The van der Waals surface area contributed by atoms with E-state index in [2.05, 4.69) is 63.8 Å². The smallest absolute Gasteiger partial charge is 0.326 e. The van der Waals surface area contributed by atoms with E-state index in [1.165, 1.54) is 31.2 Å². The Balaban J connectivity index is 2.48. The minimum Gasteiger partial charge on any atom is -0.508 e. The number of nitrogens with one attached hydrogen (secondary N) is 12. The van der Waals surface area contributed by atoms with Crippen LogP contribution in [0.4, 0.5) is 0 Å². The number of amides is 12. The van der Waals surface area contributed by atoms with Crippen LogP contribution >= 0.6 is 0 Å². The third-order valence-electron chi connectivity index (χ3n) is 18.4. The molecule has 0 aliphatic heterocycles. The lowest BCUT2D eigenvalue weighted by atomic mass is 9.97. The predicted octanol–water partition coefficient (Wildman–Crippen LogP) is 0.659. The van der Waals surface area contributed by atoms with E-state index < -0.39 is 179 Å². The molecule has 13 atom stereocenters. The molecule has 32 heteroatoms. The van der Waals surface area contributed by atoms with E-state index in [0.29, 0.717) is 88.5 Å². The summed E-state index contributed by atoms with van der Waals surface area (Å²) in [6.07, 6.45) is 4.60. The van der Waals surface area contributed by atoms with Crippen molar-refractivity contribution >= 4 is 76.9 Å². The Labute approximate surface area is 643 Å². The van der Waals surface area contributed by atoms with Gasteiger partial charge in [0.25, 0.3) is 0 Å². The summed E-state index contributed by atoms with van der Waals surface area (Å²) < 4.78 is 0. The summed E-state index contributed by atoms with van der Waals surface area (Å²) in [5, 5.41) is 52.7. The SMILES string of the molecule is CC(C)C[C@H](NC(=O)[C@@H](NC(=O)[C@H](Cc1ccc(O)cc1)NC(=O)[C@H](Cc1ccccc1)NC(=O)[C@H](C)NC(=O)[C@H](CC(C)C)NC(=O)[C@@H](NC(=O)[C@@H](NC(=O)[C@H](CCCCN)NC(=O)[C@H](CCCCN)NC(=O)[C@H](CCCCN)NC(=O)[C@@H](N)CCCCN)C(C)C)C(C)C)C(C)C)C(=O)N[C@H](C(=O)O)C(C)C. The molecule has 0 saturated carbocycles. The van der Waals surface area contributed by atoms with Gasteiger partial charge in [0, 0.05) is 12.8 Å². The number of hydrogen-bond acceptors (Lipinski definition) is 19. The fourth-order valence-corrected chi connectivity index (χ4v) is 11.9. The average Bonchev–Trinajstić information content (AvgIpc) is 0.800. The molecular weight excluding hydrogens is 1400 g/mol. The average molecular weight is 1530 g/mol. The zero-order valence-electron chi connectivity index (χ0n) is 66.4. The minimum absolute atomic E-state index is 0.0446. The van der Waals surface area contributed by atoms with Crippen LogP contribution in [0.1, 0.15) is 191 Å². The van der Waals surface area contributed by atoms with Crippen LogP contribution < -0.4 is 92.5 Å². The number of hydrogen-bond donors (Lipinski definition) is 19. The zero-order valence-corrected chi connectivity index (χ0v) is 66.4. The fourth-order valence-electron chi connectivity index (χ4n) is 11.9. The maximum absolute atomic E-state index is 14.8. The van der Waals surface area contributed by atoms with E-state index in [0.717, 1.165) is 0 Å². The number of phenolic OH excluding ortho intramolecular Hbond substituents is 1. The number of carbonyl (C=O) groups excluding carboxylic acids is 12. The number of carboxylic acids is 1. The summed E-state index contributed by atoms with van der Waals surface area (Å²) in [6.45, 7) is 23.1. The van der Waals surface area contributed by atoms with Gasteiger partial charge in [-0.1, -0.05) is 132 Å². The van der Waals surface area contributed by atoms with E-state index in [1.54, 1.807) is 99.6 Å². The first-order valence-electron chi connectivity index (χ1n) is 38.6. The van der Waals surface area contributed by atoms with Crippen LogP contribution in [0.5, 0.6) is 5.75 Å². The van der Waals surface area contributed by atoms with Crippen LogP contribution in [0.15, 0.2) is 54.6 Å². The van der Waals surface area contributed by atoms with Crippen LogP contribution in [0, 0.1) is 35.5 Å². The fraction of sp³-hybridized carbons (Fsp3) is 0.675. The number of phenols is 1. The lowest BCUT2D eigenvalue weighted by molar-refractivity contribution is -0.143. The molecule has 0 fully saturated rings. The molecule has 0 bridgehead atoms. The number of aliphatic carboxylic acids is 1. The molecule has 0 radical (unpaired) electrons. The van der Waals surface area contributed by atoms with Crippen LogP contribution in [-0.4, -0.2) is 192 Å². The topological polar surface area (TPSA) is 537 Å². The van der Waals surface area contributed by atoms with Gasteiger partial charge in [0.2, 0.25) is 70.9 Å². The van der Waals surface area contributed by atoms with Crippen molar-refractivity contribution in [3.8, 4) is 5.75 Å². The van der Waals surface area contributed by atoms with E-state index in [1.807, 2.05) is 13.8 Å². The molecule has 0 spiro atoms. The van der Waals surface area contributed by atoms with Gasteiger partial charge >= 0.3 is 5.97 Å². The Morgan fingerprint density at radius 3 is 0.972 bits per heavy atom. The highest BCUT2D eigenvalue weighted by Gasteiger charge is 2.39. The molecule has 0 aromatic heterocycles. The van der Waals surface area contributed by atoms with E-state index in [-0.39, 0.29) is 69.1 Å². The van der Waals surface area contributed by atoms with Crippen LogP contribution in [0.2, 0.25) is 0 Å². The Morgan fingerprint density at radius 1 is 0.312 bits per heavy atom. The Bertz CT molecular complexity index is 3200. The van der Waals surface area contributed by atoms with Crippen molar-refractivity contribution in [1.82, 2.24) is 63.8 Å². The number of rotatable bonds is 53. The summed E-state index contributed by atoms with van der Waals surface area (Å²) in [7, 11) is 0. The second kappa shape index (κ2) is 50.8. The molecule has 109 heavy (non-hydrogen) atoms. The standard InChI is InChI=1S/C77H131N17O15/c1-43(2)39-57(89-75(106)62(46(7)8)93-76(107)63(47(9)10)91-69(100)56(30-20-24-38-81)86-68(99)55(29-19-23-37-80)85-67(98)54(28-18-22-36-79)84-66(97)53(82)27-17-21-35-78)70(101)83-49(13)65(96)87-59(41-50-25-15-14-16-26-50)71(102)88-60(42-51-31-33-52(95)34-32-51)73(104)92-61(45(5)6)74(105)90-58(40-44(3)4)72(103)94-64(48(11)12)77(108)109/h14-16,25-26,31-34,43-49,53-64,95H,17-24,27-30,35-42,78-82H2,1-13H3,(H,83,101)(H,84,97)(H,85,98)(H,86,99)(H,87,96)(H,88,102)(H,89,106)(H,90,105)(H,91,100)(H,92,104)(H,93,107)(H,94,103)(H,108,109)/t49-,53-,54-,55-,56-,57-,58-,59-,60-,61-,62-,63-,64-/m0/s1. The van der Waals surface area contributed by atoms with Gasteiger partial charge < -0.3 is 103 Å². The first-order chi connectivity index (χ1) is 51.4. The highest BCUT2D eigenvalue weighted by molar-refractivity contribution is 6.00. The van der Waals surface area contributed by atoms with Crippen molar-refractivity contribution in [3.63, 3.8) is 0 Å². The number of carbonyl (C=O) groups is 13. The number of aromatic hydroxyl groups is 1. The maximum Gasteiger partial charge on any atom is 0.326 e. The van der Waals surface area contributed by atoms with Gasteiger partial charge in [0.1, 0.15) is 78.3 Å². The van der Waals surface area contributed by atoms with E-state index in [9.17, 15) is 72.5 Å². The molecule has 0 saturated heterocycles. The van der Waals surface area contributed by atoms with Gasteiger partial charge in [-0.15, -0.1) is 0 Å². The predicted molar refractivity (Wildman–Crippen MR) is 416 cm³/mol. The highest BCUT2D eigenvalue weighted by Crippen LogP contribution is 2.18. The van der Waals surface area contributed by atoms with Gasteiger partial charge in [-0.3, -0.25) is 57.5 Å². The molecule has 24 N–H and O–H groups in total. The Kier molecular flexibility index (Phi) is 44.8. The van der Waals surface area contributed by atoms with Crippen LogP contribution in [0.3, 0.4) is 0 Å². The summed E-state index contributed by atoms with van der Waals surface area (Å²) in [6, 6.07) is -1.91. The lowest BCUT2D eigenvalue weighted by Gasteiger charge is -2.30. The van der Waals surface area contributed by atoms with Crippen molar-refractivity contribution < 1.29 is 72.5 Å². The third-order valence-corrected chi connectivity index (χ3v) is 18.4. The number of benzene rings is 2. The van der Waals surface area contributed by atoms with Gasteiger partial charge in [0.05, 0.1) is 6.04 Å². The molecule has 614 valence electrons. The molecule has 2 rings (SSSR count). The highest BCUT2D eigenvalue weighted by atomic mass is 16.4. The summed E-state index contributed by atoms with van der Waals surface area (Å²) in [4.78, 5) is 183. The number of nitrogens with two attached hydrogens (primary N) is 5. The lowest BCUT2D eigenvalue weighted by Crippen LogP contribution is -2.62. The number of unbranched alkanes of at least 4 members (excludes halogenated alkanes) is 4. The molecule has 32 nitrogen and oxygen atoms in total. The molecular formula is C77H131N17O15. The third kappa shape index (κ3) is 36.0. The molecule has 0 aliphatic rings. The van der Waals surface area contributed by atoms with Crippen molar-refractivity contribution in [2.24, 2.45) is 64.2 Å². The Hall–Kier alpha value is -8.85. The zero-order chi connectivity index (χ0) is 82.2. The van der Waals surface area contributed by atoms with Crippen molar-refractivity contribution in [1.29, 1.82) is 0 Å². The molecule has 0 heterocycles. The van der Waals surface area contributed by atoms with Crippen molar-refractivity contribution in [2.75, 3.05) is 26.2 Å². The summed E-state index contributed by atoms with van der Waals surface area (Å²) in [5.41, 5.74) is 30.3. The van der Waals surface area contributed by atoms with Crippen molar-refractivity contribution in [2.45, 2.75) is 271 Å². The molecule has 2 aromatic carbocycles. The van der Waals surface area contributed by atoms with E-state index in [4.69, 9.17) is 28.7 Å². The summed E-state index contributed by atoms with van der Waals surface area (Å²) in [5.74, 6) is -13.1. The summed E-state index contributed by atoms with van der Waals surface area (Å²) >= 11 is 0. The van der Waals surface area contributed by atoms with Gasteiger partial charge in [0.15, 0.2) is 0 Å². The monoisotopic (exact) mass is 1530 g/mol. The van der Waals surface area contributed by atoms with E-state index >= 15 is 0 Å². The van der Waals surface area contributed by atoms with Gasteiger partial charge in [-0.2, -0.15) is 0 Å². The normalized spacial score (nSPS) is 15.1. The van der Waals surface area contributed by atoms with Crippen molar-refractivity contribution in [3.05, 3.63) is 65.7 Å². The van der Waals surface area contributed by atoms with Crippen LogP contribution in [0.25, 0.3) is 0 Å². The molecule has 0 aliphatic carbocycles.